The van der Waals surface area contributed by atoms with E-state index >= 15 is 0 Å². The van der Waals surface area contributed by atoms with Crippen LogP contribution < -0.4 is 12.4 Å². The van der Waals surface area contributed by atoms with Crippen LogP contribution >= 0.6 is 0 Å². The van der Waals surface area contributed by atoms with Gasteiger partial charge in [0.05, 0.1) is 7.05 Å². The second-order valence-corrected chi connectivity index (χ2v) is 7.53. The van der Waals surface area contributed by atoms with Crippen molar-refractivity contribution in [2.24, 2.45) is 5.92 Å². The monoisotopic (exact) mass is 367 g/mol. The average molecular weight is 368 g/mol. The second-order valence-electron chi connectivity index (χ2n) is 7.53. The van der Waals surface area contributed by atoms with Crippen molar-refractivity contribution in [1.82, 2.24) is 0 Å². The van der Waals surface area contributed by atoms with Gasteiger partial charge < -0.3 is 22.6 Å². The molecule has 0 aromatic carbocycles. The molecule has 0 fully saturated rings. The van der Waals surface area contributed by atoms with E-state index in [9.17, 15) is 0 Å². The number of hydroxylamine groups is 3. The van der Waals surface area contributed by atoms with Crippen molar-refractivity contribution in [3.05, 3.63) is 0 Å². The molecule has 0 radical (unpaired) electrons. The Labute approximate surface area is 156 Å². The number of hydrogen-bond donors (Lipinski definition) is 2. The zero-order valence-corrected chi connectivity index (χ0v) is 17.2. The lowest BCUT2D eigenvalue weighted by Gasteiger charge is -2.31. The molecule has 2 N–H and O–H groups in total. The average Bonchev–Trinajstić information content (AvgIpc) is 2.43. The van der Waals surface area contributed by atoms with E-state index in [0.29, 0.717) is 11.3 Å². The van der Waals surface area contributed by atoms with Gasteiger partial charge in [-0.05, 0) is 18.8 Å². The highest BCUT2D eigenvalue weighted by Gasteiger charge is 2.25. The smallest absolute Gasteiger partial charge is 0.205 e. The van der Waals surface area contributed by atoms with Crippen LogP contribution in [0.4, 0.5) is 0 Å². The molecule has 1 unspecified atom stereocenters. The van der Waals surface area contributed by atoms with Crippen molar-refractivity contribution >= 4 is 0 Å². The predicted octanol–water partition coefficient (Wildman–Crippen LogP) is 1.26. The molecule has 0 aromatic rings. The Morgan fingerprint density at radius 2 is 1.38 bits per heavy atom. The fourth-order valence-electron chi connectivity index (χ4n) is 3.03. The Hall–Kier alpha value is 0.130. The van der Waals surface area contributed by atoms with E-state index < -0.39 is 6.29 Å². The Morgan fingerprint density at radius 1 is 0.875 bits per heavy atom. The first kappa shape index (κ1) is 26.4. The van der Waals surface area contributed by atoms with Crippen LogP contribution in [0.1, 0.15) is 85.0 Å². The van der Waals surface area contributed by atoms with Gasteiger partial charge in [-0.15, -0.1) is 0 Å². The Morgan fingerprint density at radius 3 is 1.83 bits per heavy atom. The van der Waals surface area contributed by atoms with Gasteiger partial charge in [0.1, 0.15) is 13.2 Å². The maximum absolute atomic E-state index is 9.17. The topological polar surface area (TPSA) is 49.7 Å². The lowest BCUT2D eigenvalue weighted by atomic mass is 10.0. The van der Waals surface area contributed by atoms with Gasteiger partial charge in [0.2, 0.25) is 6.29 Å². The molecule has 24 heavy (non-hydrogen) atoms. The summed E-state index contributed by atoms with van der Waals surface area (Å²) >= 11 is 0. The van der Waals surface area contributed by atoms with Gasteiger partial charge in [-0.3, -0.25) is 0 Å². The molecule has 5 heteroatoms. The molecule has 0 bridgehead atoms. The molecule has 0 saturated heterocycles. The minimum absolute atomic E-state index is 0. The van der Waals surface area contributed by atoms with Crippen molar-refractivity contribution in [2.45, 2.75) is 91.3 Å². The number of aliphatic hydroxyl groups excluding tert-OH is 1. The van der Waals surface area contributed by atoms with Crippen molar-refractivity contribution in [3.63, 3.8) is 0 Å². The minimum Gasteiger partial charge on any atom is -1.00 e. The Kier molecular flexibility index (Phi) is 18.2. The molecule has 0 heterocycles. The molecule has 0 aliphatic heterocycles. The number of aliphatic hydroxyl groups is 2. The van der Waals surface area contributed by atoms with E-state index in [4.69, 9.17) is 15.1 Å². The molecular formula is C19H42ClNO3. The normalized spacial score (nSPS) is 14.0. The molecule has 0 rings (SSSR count). The van der Waals surface area contributed by atoms with Crippen LogP contribution in [0.15, 0.2) is 0 Å². The van der Waals surface area contributed by atoms with Crippen LogP contribution in [0, 0.1) is 5.92 Å². The molecule has 0 aliphatic carbocycles. The summed E-state index contributed by atoms with van der Waals surface area (Å²) in [5.41, 5.74) is 0. The fraction of sp³-hybridized carbons (Fsp3) is 1.00. The van der Waals surface area contributed by atoms with E-state index in [1.165, 1.54) is 51.4 Å². The summed E-state index contributed by atoms with van der Waals surface area (Å²) in [6.07, 6.45) is 11.4. The molecule has 0 aliphatic rings. The van der Waals surface area contributed by atoms with E-state index in [-0.39, 0.29) is 19.0 Å². The second kappa shape index (κ2) is 16.6. The quantitative estimate of drug-likeness (QED) is 0.187. The zero-order chi connectivity index (χ0) is 17.6. The number of halogens is 1. The molecule has 0 saturated carbocycles. The van der Waals surface area contributed by atoms with Crippen molar-refractivity contribution in [2.75, 3.05) is 26.7 Å². The third-order valence-corrected chi connectivity index (χ3v) is 4.32. The maximum atomic E-state index is 9.17. The summed E-state index contributed by atoms with van der Waals surface area (Å²) in [7, 11) is 1.93. The molecule has 0 spiro atoms. The number of nitrogens with zero attached hydrogens (tertiary/aromatic N) is 1. The minimum atomic E-state index is -1.30. The number of rotatable bonds is 16. The lowest BCUT2D eigenvalue weighted by molar-refractivity contribution is -1.09. The number of quaternary nitrogens is 1. The van der Waals surface area contributed by atoms with Crippen LogP contribution in [-0.4, -0.2) is 47.9 Å². The molecule has 1 atom stereocenters. The van der Waals surface area contributed by atoms with Crippen LogP contribution in [0.25, 0.3) is 0 Å². The molecule has 0 aromatic heterocycles. The van der Waals surface area contributed by atoms with Crippen LogP contribution in [0.5, 0.6) is 0 Å². The maximum Gasteiger partial charge on any atom is 0.205 e. The summed E-state index contributed by atoms with van der Waals surface area (Å²) in [4.78, 5) is 5.88. The number of likely N-dealkylation sites (N-methyl/N-ethyl adjacent to an activating group) is 1. The van der Waals surface area contributed by atoms with Gasteiger partial charge in [0.25, 0.3) is 0 Å². The Bertz CT molecular complexity index is 265. The van der Waals surface area contributed by atoms with Gasteiger partial charge in [-0.2, -0.15) is 4.65 Å². The summed E-state index contributed by atoms with van der Waals surface area (Å²) < 4.78 is 0.296. The lowest BCUT2D eigenvalue weighted by Crippen LogP contribution is -3.00. The van der Waals surface area contributed by atoms with Gasteiger partial charge in [0, 0.05) is 0 Å². The van der Waals surface area contributed by atoms with Crippen LogP contribution in [0.3, 0.4) is 0 Å². The first-order valence-corrected chi connectivity index (χ1v) is 9.75. The summed E-state index contributed by atoms with van der Waals surface area (Å²) in [5.74, 6) is 0.846. The highest BCUT2D eigenvalue weighted by Crippen LogP contribution is 2.13. The number of hydrogen-bond acceptors (Lipinski definition) is 3. The van der Waals surface area contributed by atoms with E-state index in [2.05, 4.69) is 20.8 Å². The van der Waals surface area contributed by atoms with Gasteiger partial charge in [-0.1, -0.05) is 72.1 Å². The Balaban J connectivity index is 0. The molecule has 0 amide bonds. The first-order valence-electron chi connectivity index (χ1n) is 9.75. The zero-order valence-electron chi connectivity index (χ0n) is 16.5. The molecule has 4 nitrogen and oxygen atoms in total. The SMILES string of the molecule is CCC[N+](C)(CC(O)O)OCCCCCCCCCCC(C)C.[Cl-]. The largest absolute Gasteiger partial charge is 1.00 e. The predicted molar refractivity (Wildman–Crippen MR) is 96.8 cm³/mol. The standard InChI is InChI=1S/C19H42NO3.ClH/c1-5-15-20(4,17-19(21)22)23-16-13-11-9-7-6-8-10-12-14-18(2)3;/h18-19,21-22H,5-17H2,1-4H3;1H/q+1;/p-1. The highest BCUT2D eigenvalue weighted by atomic mass is 35.5. The summed E-state index contributed by atoms with van der Waals surface area (Å²) in [6, 6.07) is 0. The van der Waals surface area contributed by atoms with Crippen molar-refractivity contribution < 1.29 is 32.1 Å². The highest BCUT2D eigenvalue weighted by molar-refractivity contribution is 4.49. The van der Waals surface area contributed by atoms with E-state index in [0.717, 1.165) is 25.3 Å². The van der Waals surface area contributed by atoms with Gasteiger partial charge in [-0.25, -0.2) is 4.84 Å². The van der Waals surface area contributed by atoms with Crippen molar-refractivity contribution in [3.8, 4) is 0 Å². The third kappa shape index (κ3) is 17.0. The van der Waals surface area contributed by atoms with Crippen LogP contribution in [-0.2, 0) is 4.84 Å². The summed E-state index contributed by atoms with van der Waals surface area (Å²) in [6.45, 7) is 8.45. The molecular weight excluding hydrogens is 326 g/mol. The van der Waals surface area contributed by atoms with Gasteiger partial charge in [0.15, 0.2) is 6.54 Å². The third-order valence-electron chi connectivity index (χ3n) is 4.32. The molecule has 148 valence electrons. The summed E-state index contributed by atoms with van der Waals surface area (Å²) in [5, 5.41) is 18.3. The fourth-order valence-corrected chi connectivity index (χ4v) is 3.03. The number of unbranched alkanes of at least 4 members (excludes halogenated alkanes) is 7. The van der Waals surface area contributed by atoms with E-state index in [1.54, 1.807) is 0 Å². The first-order chi connectivity index (χ1) is 10.9. The van der Waals surface area contributed by atoms with Crippen molar-refractivity contribution in [1.29, 1.82) is 0 Å². The van der Waals surface area contributed by atoms with Gasteiger partial charge >= 0.3 is 0 Å². The van der Waals surface area contributed by atoms with E-state index in [1.807, 2.05) is 7.05 Å². The van der Waals surface area contributed by atoms with Crippen LogP contribution in [0.2, 0.25) is 0 Å².